The van der Waals surface area contributed by atoms with Gasteiger partial charge in [-0.3, -0.25) is 10.1 Å². The number of nitrogens with zero attached hydrogens (tertiary/aromatic N) is 1. The second-order valence-corrected chi connectivity index (χ2v) is 10.8. The average Bonchev–Trinajstić information content (AvgIpc) is 3.85. The number of rotatable bonds is 8. The zero-order valence-electron chi connectivity index (χ0n) is 21.1. The molecule has 11 heteroatoms. The van der Waals surface area contributed by atoms with Crippen LogP contribution in [0.2, 0.25) is 0 Å². The maximum Gasteiger partial charge on any atom is 0.490 e. The van der Waals surface area contributed by atoms with Crippen molar-refractivity contribution < 1.29 is 32.6 Å². The minimum absolute atomic E-state index is 0.125. The second kappa shape index (κ2) is 11.6. The lowest BCUT2D eigenvalue weighted by Gasteiger charge is -2.06. The van der Waals surface area contributed by atoms with Gasteiger partial charge in [-0.25, -0.2) is 9.78 Å². The predicted octanol–water partition coefficient (Wildman–Crippen LogP) is 6.83. The summed E-state index contributed by atoms with van der Waals surface area (Å²) in [5.41, 5.74) is 2.75. The van der Waals surface area contributed by atoms with Crippen molar-refractivity contribution in [1.29, 1.82) is 0 Å². The third-order valence-electron chi connectivity index (χ3n) is 6.53. The summed E-state index contributed by atoms with van der Waals surface area (Å²) in [7, 11) is 0. The molecule has 3 aromatic carbocycles. The molecule has 0 saturated heterocycles. The molecule has 0 unspecified atom stereocenters. The molecule has 0 radical (unpaired) electrons. The molecule has 208 valence electrons. The first kappa shape index (κ1) is 27.6. The van der Waals surface area contributed by atoms with Gasteiger partial charge in [0.15, 0.2) is 5.13 Å². The highest BCUT2D eigenvalue weighted by molar-refractivity contribution is 7.22. The van der Waals surface area contributed by atoms with Gasteiger partial charge in [-0.2, -0.15) is 13.2 Å². The first-order valence-electron chi connectivity index (χ1n) is 12.7. The maximum atomic E-state index is 12.9. The highest BCUT2D eigenvalue weighted by atomic mass is 32.1. The summed E-state index contributed by atoms with van der Waals surface area (Å²) in [6, 6.07) is 24.0. The lowest BCUT2D eigenvalue weighted by atomic mass is 10.1. The smallest absolute Gasteiger partial charge is 0.475 e. The second-order valence-electron chi connectivity index (χ2n) is 9.75. The van der Waals surface area contributed by atoms with Crippen molar-refractivity contribution in [2.75, 3.05) is 11.9 Å². The van der Waals surface area contributed by atoms with Crippen LogP contribution in [-0.2, 0) is 4.79 Å². The fraction of sp³-hybridized carbons (Fsp3) is 0.276. The molecule has 2 fully saturated rings. The van der Waals surface area contributed by atoms with Crippen LogP contribution in [0, 0.1) is 5.92 Å². The van der Waals surface area contributed by atoms with E-state index in [1.807, 2.05) is 66.7 Å². The van der Waals surface area contributed by atoms with Crippen molar-refractivity contribution in [2.45, 2.75) is 37.4 Å². The van der Waals surface area contributed by atoms with Gasteiger partial charge in [0, 0.05) is 23.6 Å². The number of thiazole rings is 1. The van der Waals surface area contributed by atoms with E-state index in [1.54, 1.807) is 0 Å². The summed E-state index contributed by atoms with van der Waals surface area (Å²) in [5, 5.41) is 14.4. The standard InChI is InChI=1S/C27H25N3O2S.C2HF3O2/c31-26(19-6-4-5-18(13-19)22-15-24(22)28-16-17-9-10-17)30-27-29-23-12-11-21(14-25(23)33-27)32-20-7-2-1-3-8-20;3-2(4,5)1(6)7/h1-8,11-14,17,22,24,28H,9-10,15-16H2,(H,29,30,31);(H,6,7)/t22-,24+;/m0./s1. The number of fused-ring (bicyclic) bond motifs is 1. The molecule has 1 heterocycles. The van der Waals surface area contributed by atoms with Gasteiger partial charge in [-0.1, -0.05) is 41.7 Å². The topological polar surface area (TPSA) is 101 Å². The third kappa shape index (κ3) is 7.36. The Morgan fingerprint density at radius 3 is 2.45 bits per heavy atom. The Bertz CT molecular complexity index is 1510. The number of ether oxygens (including phenoxy) is 1. The van der Waals surface area contributed by atoms with Crippen LogP contribution in [0.3, 0.4) is 0 Å². The quantitative estimate of drug-likeness (QED) is 0.215. The monoisotopic (exact) mass is 569 g/mol. The Kier molecular flexibility index (Phi) is 8.04. The van der Waals surface area contributed by atoms with Crippen LogP contribution in [0.5, 0.6) is 11.5 Å². The number of anilines is 1. The van der Waals surface area contributed by atoms with Crippen LogP contribution < -0.4 is 15.4 Å². The summed E-state index contributed by atoms with van der Waals surface area (Å²) in [5.74, 6) is 0.0556. The number of carboxylic acids is 1. The van der Waals surface area contributed by atoms with Crippen LogP contribution in [0.25, 0.3) is 10.2 Å². The van der Waals surface area contributed by atoms with E-state index in [0.29, 0.717) is 22.7 Å². The van der Waals surface area contributed by atoms with Crippen LogP contribution in [0.1, 0.15) is 41.1 Å². The Morgan fingerprint density at radius 2 is 1.75 bits per heavy atom. The van der Waals surface area contributed by atoms with Gasteiger partial charge >= 0.3 is 12.1 Å². The number of aliphatic carboxylic acids is 1. The first-order valence-corrected chi connectivity index (χ1v) is 13.6. The lowest BCUT2D eigenvalue weighted by Crippen LogP contribution is -2.21. The van der Waals surface area contributed by atoms with Gasteiger partial charge in [0.1, 0.15) is 11.5 Å². The predicted molar refractivity (Wildman–Crippen MR) is 146 cm³/mol. The molecule has 0 bridgehead atoms. The Morgan fingerprint density at radius 1 is 1.00 bits per heavy atom. The molecule has 7 nitrogen and oxygen atoms in total. The molecule has 2 aliphatic carbocycles. The molecular weight excluding hydrogens is 543 g/mol. The van der Waals surface area contributed by atoms with E-state index in [2.05, 4.69) is 21.7 Å². The van der Waals surface area contributed by atoms with Gasteiger partial charge in [-0.15, -0.1) is 0 Å². The number of hydrogen-bond donors (Lipinski definition) is 3. The average molecular weight is 570 g/mol. The Labute approximate surface area is 232 Å². The minimum atomic E-state index is -5.08. The zero-order valence-corrected chi connectivity index (χ0v) is 22.0. The number of nitrogens with one attached hydrogen (secondary N) is 2. The SMILES string of the molecule is O=C(Nc1nc2ccc(Oc3ccccc3)cc2s1)c1cccc([C@@H]2C[C@H]2NCC2CC2)c1.O=C(O)C(F)(F)F. The summed E-state index contributed by atoms with van der Waals surface area (Å²) < 4.78 is 38.6. The number of aromatic nitrogens is 1. The fourth-order valence-electron chi connectivity index (χ4n) is 4.16. The molecule has 0 aliphatic heterocycles. The van der Waals surface area contributed by atoms with Gasteiger partial charge in [0.25, 0.3) is 5.91 Å². The lowest BCUT2D eigenvalue weighted by molar-refractivity contribution is -0.192. The van der Waals surface area contributed by atoms with Crippen molar-refractivity contribution in [3.63, 3.8) is 0 Å². The molecule has 1 amide bonds. The minimum Gasteiger partial charge on any atom is -0.475 e. The molecule has 1 aromatic heterocycles. The van der Waals surface area contributed by atoms with E-state index in [1.165, 1.54) is 29.7 Å². The number of amides is 1. The van der Waals surface area contributed by atoms with E-state index < -0.39 is 12.1 Å². The number of carbonyl (C=O) groups excluding carboxylic acids is 1. The molecule has 2 aliphatic rings. The summed E-state index contributed by atoms with van der Waals surface area (Å²) in [4.78, 5) is 26.4. The van der Waals surface area contributed by atoms with Gasteiger partial charge in [0.2, 0.25) is 0 Å². The fourth-order valence-corrected chi connectivity index (χ4v) is 5.04. The van der Waals surface area contributed by atoms with Crippen LogP contribution in [0.15, 0.2) is 72.8 Å². The number of alkyl halides is 3. The highest BCUT2D eigenvalue weighted by Gasteiger charge is 2.39. The molecule has 6 rings (SSSR count). The van der Waals surface area contributed by atoms with Crippen LogP contribution in [0.4, 0.5) is 18.3 Å². The van der Waals surface area contributed by atoms with Crippen molar-refractivity contribution in [3.8, 4) is 11.5 Å². The summed E-state index contributed by atoms with van der Waals surface area (Å²) in [6.45, 7) is 1.14. The highest BCUT2D eigenvalue weighted by Crippen LogP contribution is 2.42. The largest absolute Gasteiger partial charge is 0.490 e. The molecule has 2 saturated carbocycles. The molecule has 40 heavy (non-hydrogen) atoms. The molecule has 0 spiro atoms. The number of carbonyl (C=O) groups is 2. The van der Waals surface area contributed by atoms with Crippen molar-refractivity contribution in [2.24, 2.45) is 5.92 Å². The van der Waals surface area contributed by atoms with Crippen molar-refractivity contribution >= 4 is 38.6 Å². The normalized spacial score (nSPS) is 18.0. The summed E-state index contributed by atoms with van der Waals surface area (Å²) >= 11 is 1.45. The van der Waals surface area contributed by atoms with Crippen LogP contribution >= 0.6 is 11.3 Å². The van der Waals surface area contributed by atoms with E-state index in [-0.39, 0.29) is 5.91 Å². The molecular formula is C29H26F3N3O4S. The Hall–Kier alpha value is -3.96. The molecule has 3 N–H and O–H groups in total. The Balaban J connectivity index is 0.000000411. The number of halogens is 3. The van der Waals surface area contributed by atoms with E-state index >= 15 is 0 Å². The van der Waals surface area contributed by atoms with Gasteiger partial charge in [0.05, 0.1) is 10.2 Å². The van der Waals surface area contributed by atoms with Crippen molar-refractivity contribution in [1.82, 2.24) is 10.3 Å². The molecule has 2 atom stereocenters. The zero-order chi connectivity index (χ0) is 28.3. The molecule has 4 aromatic rings. The third-order valence-corrected chi connectivity index (χ3v) is 7.47. The van der Waals surface area contributed by atoms with Crippen molar-refractivity contribution in [3.05, 3.63) is 83.9 Å². The maximum absolute atomic E-state index is 12.9. The number of hydrogen-bond acceptors (Lipinski definition) is 6. The van der Waals surface area contributed by atoms with E-state index in [9.17, 15) is 18.0 Å². The van der Waals surface area contributed by atoms with Gasteiger partial charge in [-0.05, 0) is 73.7 Å². The number of para-hydroxylation sites is 1. The van der Waals surface area contributed by atoms with Crippen LogP contribution in [-0.4, -0.2) is 40.7 Å². The first-order chi connectivity index (χ1) is 19.2. The number of benzene rings is 3. The van der Waals surface area contributed by atoms with E-state index in [4.69, 9.17) is 14.6 Å². The van der Waals surface area contributed by atoms with E-state index in [0.717, 1.165) is 40.6 Å². The van der Waals surface area contributed by atoms with Gasteiger partial charge < -0.3 is 15.2 Å². The summed E-state index contributed by atoms with van der Waals surface area (Å²) in [6.07, 6.45) is -1.19. The number of carboxylic acid groups (broad SMARTS) is 1.